The Hall–Kier alpha value is -2.66. The number of ether oxygens (including phenoxy) is 1. The fourth-order valence-corrected chi connectivity index (χ4v) is 3.36. The van der Waals surface area contributed by atoms with Gasteiger partial charge in [-0.05, 0) is 31.4 Å². The van der Waals surface area contributed by atoms with Crippen molar-refractivity contribution in [1.82, 2.24) is 10.2 Å². The molecule has 0 bridgehead atoms. The van der Waals surface area contributed by atoms with Crippen molar-refractivity contribution in [3.05, 3.63) is 71.8 Å². The highest BCUT2D eigenvalue weighted by molar-refractivity contribution is 5.88. The van der Waals surface area contributed by atoms with Crippen LogP contribution in [0.3, 0.4) is 0 Å². The van der Waals surface area contributed by atoms with Gasteiger partial charge in [0.1, 0.15) is 6.04 Å². The first-order chi connectivity index (χ1) is 14.9. The highest BCUT2D eigenvalue weighted by Gasteiger charge is 2.31. The topological polar surface area (TPSA) is 58.6 Å². The number of nitrogens with one attached hydrogen (secondary N) is 1. The zero-order valence-electron chi connectivity index (χ0n) is 19.2. The minimum Gasteiger partial charge on any atom is -0.379 e. The van der Waals surface area contributed by atoms with Crippen molar-refractivity contribution in [1.29, 1.82) is 0 Å². The van der Waals surface area contributed by atoms with Crippen molar-refractivity contribution in [3.8, 4) is 0 Å². The number of amides is 2. The summed E-state index contributed by atoms with van der Waals surface area (Å²) in [6, 6.07) is 19.1. The summed E-state index contributed by atoms with van der Waals surface area (Å²) >= 11 is 0. The molecule has 2 aromatic rings. The average molecular weight is 425 g/mol. The Balaban J connectivity index is 2.21. The lowest BCUT2D eigenvalue weighted by Gasteiger charge is -2.32. The van der Waals surface area contributed by atoms with E-state index >= 15 is 0 Å². The molecule has 0 aliphatic heterocycles. The molecule has 0 fully saturated rings. The molecule has 0 spiro atoms. The molecular weight excluding hydrogens is 388 g/mol. The summed E-state index contributed by atoms with van der Waals surface area (Å²) in [4.78, 5) is 28.1. The fourth-order valence-electron chi connectivity index (χ4n) is 3.36. The van der Waals surface area contributed by atoms with Gasteiger partial charge in [0.2, 0.25) is 11.8 Å². The van der Waals surface area contributed by atoms with E-state index in [0.29, 0.717) is 26.1 Å². The second kappa shape index (κ2) is 12.9. The van der Waals surface area contributed by atoms with Crippen LogP contribution in [0, 0.1) is 5.92 Å². The van der Waals surface area contributed by atoms with E-state index in [2.05, 4.69) is 5.32 Å². The summed E-state index contributed by atoms with van der Waals surface area (Å²) in [5.74, 6) is -0.351. The molecule has 2 amide bonds. The van der Waals surface area contributed by atoms with Crippen molar-refractivity contribution < 1.29 is 14.3 Å². The van der Waals surface area contributed by atoms with E-state index in [-0.39, 0.29) is 23.8 Å². The second-order valence-electron chi connectivity index (χ2n) is 8.38. The lowest BCUT2D eigenvalue weighted by molar-refractivity contribution is -0.143. The molecule has 0 aliphatic carbocycles. The summed E-state index contributed by atoms with van der Waals surface area (Å²) in [5.41, 5.74) is 2.04. The van der Waals surface area contributed by atoms with E-state index < -0.39 is 6.04 Å². The van der Waals surface area contributed by atoms with E-state index in [0.717, 1.165) is 17.5 Å². The number of hydrogen-bond acceptors (Lipinski definition) is 3. The van der Waals surface area contributed by atoms with Gasteiger partial charge in [0.05, 0.1) is 6.10 Å². The summed E-state index contributed by atoms with van der Waals surface area (Å²) in [7, 11) is 0. The number of carbonyl (C=O) groups excluding carboxylic acids is 2. The number of carbonyl (C=O) groups is 2. The molecular formula is C26H36N2O3. The molecule has 1 N–H and O–H groups in total. The van der Waals surface area contributed by atoms with Gasteiger partial charge in [-0.3, -0.25) is 9.59 Å². The third-order valence-electron chi connectivity index (χ3n) is 4.99. The van der Waals surface area contributed by atoms with E-state index in [1.165, 1.54) is 0 Å². The summed E-state index contributed by atoms with van der Waals surface area (Å²) < 4.78 is 5.56. The van der Waals surface area contributed by atoms with Crippen molar-refractivity contribution in [2.24, 2.45) is 5.92 Å². The maximum Gasteiger partial charge on any atom is 0.243 e. The van der Waals surface area contributed by atoms with E-state index in [1.54, 1.807) is 4.90 Å². The third kappa shape index (κ3) is 8.54. The first-order valence-corrected chi connectivity index (χ1v) is 11.2. The second-order valence-corrected chi connectivity index (χ2v) is 8.38. The molecule has 2 aromatic carbocycles. The predicted octanol–water partition coefficient (Wildman–Crippen LogP) is 4.21. The van der Waals surface area contributed by atoms with Crippen LogP contribution in [-0.2, 0) is 27.3 Å². The first-order valence-electron chi connectivity index (χ1n) is 11.2. The van der Waals surface area contributed by atoms with Gasteiger partial charge >= 0.3 is 0 Å². The Labute approximate surface area is 186 Å². The predicted molar refractivity (Wildman–Crippen MR) is 124 cm³/mol. The Morgan fingerprint density at radius 3 is 2.03 bits per heavy atom. The zero-order chi connectivity index (χ0) is 22.6. The van der Waals surface area contributed by atoms with Gasteiger partial charge in [-0.2, -0.15) is 0 Å². The highest BCUT2D eigenvalue weighted by Crippen LogP contribution is 2.17. The minimum atomic E-state index is -0.580. The molecule has 5 nitrogen and oxygen atoms in total. The van der Waals surface area contributed by atoms with Gasteiger partial charge in [0, 0.05) is 32.0 Å². The molecule has 5 heteroatoms. The monoisotopic (exact) mass is 424 g/mol. The Bertz CT molecular complexity index is 791. The van der Waals surface area contributed by atoms with Crippen LogP contribution < -0.4 is 5.32 Å². The quantitative estimate of drug-likeness (QED) is 0.519. The van der Waals surface area contributed by atoms with Crippen LogP contribution >= 0.6 is 0 Å². The van der Waals surface area contributed by atoms with Crippen molar-refractivity contribution >= 4 is 11.8 Å². The number of rotatable bonds is 12. The van der Waals surface area contributed by atoms with Gasteiger partial charge in [-0.25, -0.2) is 0 Å². The van der Waals surface area contributed by atoms with Crippen molar-refractivity contribution in [2.45, 2.75) is 59.2 Å². The normalized spacial score (nSPS) is 12.1. The Kier molecular flexibility index (Phi) is 10.2. The molecule has 0 aliphatic rings. The van der Waals surface area contributed by atoms with Gasteiger partial charge in [-0.1, -0.05) is 74.5 Å². The first kappa shape index (κ1) is 24.6. The van der Waals surface area contributed by atoms with Crippen LogP contribution in [0.1, 0.15) is 45.2 Å². The van der Waals surface area contributed by atoms with Crippen LogP contribution in [-0.4, -0.2) is 42.0 Å². The maximum absolute atomic E-state index is 13.3. The molecule has 1 atom stereocenters. The molecule has 0 radical (unpaired) electrons. The summed E-state index contributed by atoms with van der Waals surface area (Å²) in [5, 5.41) is 3.02. The Morgan fingerprint density at radius 2 is 1.48 bits per heavy atom. The van der Waals surface area contributed by atoms with Gasteiger partial charge in [-0.15, -0.1) is 0 Å². The van der Waals surface area contributed by atoms with E-state index in [9.17, 15) is 9.59 Å². The molecule has 0 saturated carbocycles. The maximum atomic E-state index is 13.3. The standard InChI is InChI=1S/C26H36N2O3/c1-20(2)26(30)28(19-23-14-9-6-10-15-23)24(18-22-12-7-5-8-13-22)25(29)27-16-11-17-31-21(3)4/h5-10,12-15,20-21,24H,11,16-19H2,1-4H3,(H,27,29)/t24-/m0/s1. The zero-order valence-corrected chi connectivity index (χ0v) is 19.2. The van der Waals surface area contributed by atoms with Crippen LogP contribution in [0.4, 0.5) is 0 Å². The van der Waals surface area contributed by atoms with Crippen molar-refractivity contribution in [3.63, 3.8) is 0 Å². The highest BCUT2D eigenvalue weighted by atomic mass is 16.5. The molecule has 0 unspecified atom stereocenters. The summed E-state index contributed by atoms with van der Waals surface area (Å²) in [6.45, 7) is 9.26. The van der Waals surface area contributed by atoms with Gasteiger partial charge in [0.25, 0.3) is 0 Å². The van der Waals surface area contributed by atoms with Gasteiger partial charge < -0.3 is 15.0 Å². The Morgan fingerprint density at radius 1 is 0.903 bits per heavy atom. The lowest BCUT2D eigenvalue weighted by atomic mass is 10.0. The SMILES string of the molecule is CC(C)OCCCNC(=O)[C@H](Cc1ccccc1)N(Cc1ccccc1)C(=O)C(C)C. The smallest absolute Gasteiger partial charge is 0.243 e. The van der Waals surface area contributed by atoms with E-state index in [4.69, 9.17) is 4.74 Å². The molecule has 31 heavy (non-hydrogen) atoms. The van der Waals surface area contributed by atoms with Crippen LogP contribution in [0.2, 0.25) is 0 Å². The van der Waals surface area contributed by atoms with Crippen LogP contribution in [0.5, 0.6) is 0 Å². The average Bonchev–Trinajstić information content (AvgIpc) is 2.76. The minimum absolute atomic E-state index is 0.0249. The van der Waals surface area contributed by atoms with Gasteiger partial charge in [0.15, 0.2) is 0 Å². The fraction of sp³-hybridized carbons (Fsp3) is 0.462. The van der Waals surface area contributed by atoms with Crippen LogP contribution in [0.15, 0.2) is 60.7 Å². The lowest BCUT2D eigenvalue weighted by Crippen LogP contribution is -2.51. The van der Waals surface area contributed by atoms with Crippen LogP contribution in [0.25, 0.3) is 0 Å². The summed E-state index contributed by atoms with van der Waals surface area (Å²) in [6.07, 6.45) is 1.38. The number of hydrogen-bond donors (Lipinski definition) is 1. The number of nitrogens with zero attached hydrogens (tertiary/aromatic N) is 1. The number of benzene rings is 2. The molecule has 0 aromatic heterocycles. The molecule has 168 valence electrons. The largest absolute Gasteiger partial charge is 0.379 e. The van der Waals surface area contributed by atoms with Crippen molar-refractivity contribution in [2.75, 3.05) is 13.2 Å². The molecule has 2 rings (SSSR count). The molecule has 0 saturated heterocycles. The molecule has 0 heterocycles. The third-order valence-corrected chi connectivity index (χ3v) is 4.99. The van der Waals surface area contributed by atoms with E-state index in [1.807, 2.05) is 88.4 Å².